The fraction of sp³-hybridized carbons (Fsp3) is 0.263. The highest BCUT2D eigenvalue weighted by molar-refractivity contribution is 7.90. The Bertz CT molecular complexity index is 923. The third-order valence-corrected chi connectivity index (χ3v) is 4.62. The maximum atomic E-state index is 12.0. The molecule has 0 aliphatic heterocycles. The number of sulfone groups is 1. The zero-order valence-electron chi connectivity index (χ0n) is 15.1. The summed E-state index contributed by atoms with van der Waals surface area (Å²) in [7, 11) is -3.43. The van der Waals surface area contributed by atoms with Gasteiger partial charge >= 0.3 is 5.97 Å². The molecule has 0 bridgehead atoms. The summed E-state index contributed by atoms with van der Waals surface area (Å²) in [6.07, 6.45) is 1.05. The van der Waals surface area contributed by atoms with Gasteiger partial charge in [-0.1, -0.05) is 18.2 Å². The Morgan fingerprint density at radius 3 is 2.52 bits per heavy atom. The van der Waals surface area contributed by atoms with E-state index in [-0.39, 0.29) is 23.6 Å². The average molecular weight is 391 g/mol. The third kappa shape index (κ3) is 6.74. The van der Waals surface area contributed by atoms with E-state index < -0.39 is 28.3 Å². The van der Waals surface area contributed by atoms with Gasteiger partial charge in [-0.3, -0.25) is 4.79 Å². The molecule has 7 nitrogen and oxygen atoms in total. The summed E-state index contributed by atoms with van der Waals surface area (Å²) in [4.78, 5) is 23.7. The molecule has 0 aromatic heterocycles. The van der Waals surface area contributed by atoms with E-state index in [9.17, 15) is 18.0 Å². The molecule has 0 radical (unpaired) electrons. The van der Waals surface area contributed by atoms with Crippen LogP contribution in [0.25, 0.3) is 0 Å². The van der Waals surface area contributed by atoms with Gasteiger partial charge in [0.1, 0.15) is 12.4 Å². The van der Waals surface area contributed by atoms with E-state index in [0.717, 1.165) is 11.8 Å². The molecular weight excluding hydrogens is 370 g/mol. The van der Waals surface area contributed by atoms with Gasteiger partial charge in [0.25, 0.3) is 5.91 Å². The Morgan fingerprint density at radius 2 is 1.81 bits per heavy atom. The van der Waals surface area contributed by atoms with Crippen LogP contribution in [0, 0.1) is 6.92 Å². The number of hydrogen-bond acceptors (Lipinski definition) is 6. The van der Waals surface area contributed by atoms with Crippen LogP contribution in [0.2, 0.25) is 0 Å². The van der Waals surface area contributed by atoms with E-state index in [1.165, 1.54) is 24.3 Å². The molecule has 0 saturated heterocycles. The molecule has 2 aromatic rings. The highest BCUT2D eigenvalue weighted by atomic mass is 32.2. The molecule has 0 aliphatic rings. The first kappa shape index (κ1) is 20.4. The maximum absolute atomic E-state index is 12.0. The van der Waals surface area contributed by atoms with Gasteiger partial charge in [-0.15, -0.1) is 0 Å². The molecule has 0 fully saturated rings. The van der Waals surface area contributed by atoms with Crippen molar-refractivity contribution < 1.29 is 27.5 Å². The van der Waals surface area contributed by atoms with E-state index >= 15 is 0 Å². The van der Waals surface area contributed by atoms with Crippen molar-refractivity contribution in [3.05, 3.63) is 59.7 Å². The van der Waals surface area contributed by atoms with Gasteiger partial charge in [-0.05, 0) is 42.8 Å². The van der Waals surface area contributed by atoms with Gasteiger partial charge in [0.05, 0.1) is 17.0 Å². The normalized spacial score (nSPS) is 10.9. The number of carbonyl (C=O) groups is 2. The number of carbonyl (C=O) groups excluding carboxylic acids is 2. The number of esters is 1. The van der Waals surface area contributed by atoms with Crippen LogP contribution in [0.4, 0.5) is 0 Å². The summed E-state index contributed by atoms with van der Waals surface area (Å²) in [5, 5.41) is 2.57. The Hall–Kier alpha value is -2.87. The third-order valence-electron chi connectivity index (χ3n) is 3.51. The molecule has 144 valence electrons. The molecule has 2 aromatic carbocycles. The molecule has 1 amide bonds. The van der Waals surface area contributed by atoms with Crippen molar-refractivity contribution in [1.29, 1.82) is 0 Å². The van der Waals surface area contributed by atoms with Crippen molar-refractivity contribution in [2.75, 3.05) is 26.0 Å². The zero-order chi connectivity index (χ0) is 19.9. The minimum atomic E-state index is -3.43. The molecule has 0 atom stereocenters. The van der Waals surface area contributed by atoms with E-state index in [1.54, 1.807) is 0 Å². The highest BCUT2D eigenvalue weighted by Gasteiger charge is 2.14. The number of amides is 1. The number of ether oxygens (including phenoxy) is 2. The smallest absolute Gasteiger partial charge is 0.338 e. The lowest BCUT2D eigenvalue weighted by atomic mass is 10.2. The Kier molecular flexibility index (Phi) is 6.95. The largest absolute Gasteiger partial charge is 0.492 e. The molecule has 27 heavy (non-hydrogen) atoms. The predicted molar refractivity (Wildman–Crippen MR) is 99.5 cm³/mol. The van der Waals surface area contributed by atoms with Crippen LogP contribution in [0.15, 0.2) is 53.4 Å². The minimum absolute atomic E-state index is 0.00898. The fourth-order valence-corrected chi connectivity index (χ4v) is 2.85. The van der Waals surface area contributed by atoms with Crippen LogP contribution < -0.4 is 10.1 Å². The molecule has 0 spiro atoms. The molecule has 0 unspecified atom stereocenters. The lowest BCUT2D eigenvalue weighted by Gasteiger charge is -2.09. The highest BCUT2D eigenvalue weighted by Crippen LogP contribution is 2.13. The number of aryl methyl sites for hydroxylation is 1. The van der Waals surface area contributed by atoms with Crippen LogP contribution in [-0.4, -0.2) is 46.3 Å². The Labute approximate surface area is 158 Å². The van der Waals surface area contributed by atoms with Gasteiger partial charge in [0, 0.05) is 6.26 Å². The Morgan fingerprint density at radius 1 is 1.07 bits per heavy atom. The number of benzene rings is 2. The standard InChI is InChI=1S/C19H21NO6S/c1-14-5-3-7-16(11-14)25-10-9-20-18(21)13-26-19(22)15-6-4-8-17(12-15)27(2,23)24/h3-8,11-12H,9-10,13H2,1-2H3,(H,20,21). The maximum Gasteiger partial charge on any atom is 0.338 e. The van der Waals surface area contributed by atoms with Gasteiger partial charge in [0.2, 0.25) is 0 Å². The lowest BCUT2D eigenvalue weighted by molar-refractivity contribution is -0.124. The molecule has 2 rings (SSSR count). The fourth-order valence-electron chi connectivity index (χ4n) is 2.18. The first-order valence-corrected chi connectivity index (χ1v) is 10.1. The van der Waals surface area contributed by atoms with E-state index in [4.69, 9.17) is 9.47 Å². The lowest BCUT2D eigenvalue weighted by Crippen LogP contribution is -2.32. The number of hydrogen-bond donors (Lipinski definition) is 1. The predicted octanol–water partition coefficient (Wildman–Crippen LogP) is 1.75. The molecule has 0 heterocycles. The second-order valence-corrected chi connectivity index (χ2v) is 7.91. The number of nitrogens with one attached hydrogen (secondary N) is 1. The van der Waals surface area contributed by atoms with Gasteiger partial charge < -0.3 is 14.8 Å². The average Bonchev–Trinajstić information content (AvgIpc) is 2.63. The quantitative estimate of drug-likeness (QED) is 0.544. The monoisotopic (exact) mass is 391 g/mol. The zero-order valence-corrected chi connectivity index (χ0v) is 15.9. The summed E-state index contributed by atoms with van der Waals surface area (Å²) in [5.74, 6) is -0.538. The van der Waals surface area contributed by atoms with Crippen molar-refractivity contribution >= 4 is 21.7 Å². The van der Waals surface area contributed by atoms with Gasteiger partial charge in [0.15, 0.2) is 16.4 Å². The SMILES string of the molecule is Cc1cccc(OCCNC(=O)COC(=O)c2cccc(S(C)(=O)=O)c2)c1. The first-order valence-electron chi connectivity index (χ1n) is 8.19. The van der Waals surface area contributed by atoms with E-state index in [2.05, 4.69) is 5.32 Å². The molecule has 8 heteroatoms. The Balaban J connectivity index is 1.74. The van der Waals surface area contributed by atoms with Crippen LogP contribution >= 0.6 is 0 Å². The summed E-state index contributed by atoms with van der Waals surface area (Å²) in [5.41, 5.74) is 1.14. The summed E-state index contributed by atoms with van der Waals surface area (Å²) in [6, 6.07) is 13.0. The molecule has 0 aliphatic carbocycles. The van der Waals surface area contributed by atoms with E-state index in [1.807, 2.05) is 31.2 Å². The summed E-state index contributed by atoms with van der Waals surface area (Å²) in [6.45, 7) is 2.02. The molecular formula is C19H21NO6S. The molecule has 0 saturated carbocycles. The minimum Gasteiger partial charge on any atom is -0.492 e. The first-order chi connectivity index (χ1) is 12.8. The van der Waals surface area contributed by atoms with Crippen molar-refractivity contribution in [3.8, 4) is 5.75 Å². The van der Waals surface area contributed by atoms with Gasteiger partial charge in [-0.25, -0.2) is 13.2 Å². The second-order valence-electron chi connectivity index (χ2n) is 5.89. The summed E-state index contributed by atoms with van der Waals surface area (Å²) < 4.78 is 33.4. The number of rotatable bonds is 8. The van der Waals surface area contributed by atoms with Crippen molar-refractivity contribution in [1.82, 2.24) is 5.32 Å². The topological polar surface area (TPSA) is 98.8 Å². The van der Waals surface area contributed by atoms with Crippen LogP contribution in [0.5, 0.6) is 5.75 Å². The van der Waals surface area contributed by atoms with Gasteiger partial charge in [-0.2, -0.15) is 0 Å². The van der Waals surface area contributed by atoms with E-state index in [0.29, 0.717) is 5.75 Å². The summed E-state index contributed by atoms with van der Waals surface area (Å²) >= 11 is 0. The van der Waals surface area contributed by atoms with Crippen molar-refractivity contribution in [2.45, 2.75) is 11.8 Å². The molecule has 1 N–H and O–H groups in total. The van der Waals surface area contributed by atoms with Crippen LogP contribution in [0.3, 0.4) is 0 Å². The van der Waals surface area contributed by atoms with Crippen LogP contribution in [-0.2, 0) is 19.4 Å². The second kappa shape index (κ2) is 9.18. The van der Waals surface area contributed by atoms with Crippen LogP contribution in [0.1, 0.15) is 15.9 Å². The van der Waals surface area contributed by atoms with Crippen molar-refractivity contribution in [2.24, 2.45) is 0 Å². The van der Waals surface area contributed by atoms with Crippen molar-refractivity contribution in [3.63, 3.8) is 0 Å².